The molecule has 6 heteroatoms. The van der Waals surface area contributed by atoms with Gasteiger partial charge in [-0.15, -0.1) is 10.2 Å². The predicted octanol–water partition coefficient (Wildman–Crippen LogP) is 1.61. The molecule has 0 fully saturated rings. The summed E-state index contributed by atoms with van der Waals surface area (Å²) in [6.07, 6.45) is 2.47. The molecule has 0 aliphatic carbocycles. The van der Waals surface area contributed by atoms with Gasteiger partial charge in [0.15, 0.2) is 10.4 Å². The number of aromatic amines is 1. The predicted molar refractivity (Wildman–Crippen MR) is 67.9 cm³/mol. The molecule has 0 aliphatic rings. The molecule has 0 radical (unpaired) electrons. The zero-order valence-electron chi connectivity index (χ0n) is 9.73. The molecule has 2 rings (SSSR count). The number of aromatic nitrogens is 3. The lowest BCUT2D eigenvalue weighted by molar-refractivity contribution is 0.683. The quantitative estimate of drug-likeness (QED) is 0.866. The largest absolute Gasteiger partial charge is 0.364 e. The van der Waals surface area contributed by atoms with Crippen LogP contribution in [0, 0.1) is 6.92 Å². The molecule has 1 unspecified atom stereocenters. The standard InChI is InChI=1S/C11H14N4OS/c1-3-8(12)11-15-14-10(17-11)7-5-13-6(2)4-9(7)16/h4-5,8H,3,12H2,1-2H3,(H,13,16). The minimum atomic E-state index is -0.106. The molecule has 0 aromatic carbocycles. The Balaban J connectivity index is 2.40. The van der Waals surface area contributed by atoms with Gasteiger partial charge in [0.05, 0.1) is 11.6 Å². The van der Waals surface area contributed by atoms with Crippen molar-refractivity contribution in [1.29, 1.82) is 0 Å². The maximum Gasteiger partial charge on any atom is 0.192 e. The smallest absolute Gasteiger partial charge is 0.192 e. The molecule has 0 saturated carbocycles. The molecule has 0 amide bonds. The van der Waals surface area contributed by atoms with E-state index in [0.717, 1.165) is 17.1 Å². The number of hydrogen-bond acceptors (Lipinski definition) is 5. The van der Waals surface area contributed by atoms with Crippen molar-refractivity contribution in [1.82, 2.24) is 15.2 Å². The Morgan fingerprint density at radius 1 is 1.53 bits per heavy atom. The number of aryl methyl sites for hydroxylation is 1. The van der Waals surface area contributed by atoms with Crippen LogP contribution >= 0.6 is 11.3 Å². The molecule has 5 nitrogen and oxygen atoms in total. The van der Waals surface area contributed by atoms with Crippen molar-refractivity contribution in [3.63, 3.8) is 0 Å². The van der Waals surface area contributed by atoms with E-state index in [9.17, 15) is 4.79 Å². The Kier molecular flexibility index (Phi) is 3.35. The van der Waals surface area contributed by atoms with Crippen LogP contribution in [0.2, 0.25) is 0 Å². The fourth-order valence-electron chi connectivity index (χ4n) is 1.41. The number of pyridine rings is 1. The first-order valence-corrected chi connectivity index (χ1v) is 6.22. The van der Waals surface area contributed by atoms with Crippen LogP contribution in [0.5, 0.6) is 0 Å². The van der Waals surface area contributed by atoms with Gasteiger partial charge in [-0.05, 0) is 13.3 Å². The van der Waals surface area contributed by atoms with E-state index < -0.39 is 0 Å². The van der Waals surface area contributed by atoms with E-state index in [4.69, 9.17) is 5.73 Å². The van der Waals surface area contributed by atoms with Crippen LogP contribution in [0.25, 0.3) is 10.6 Å². The van der Waals surface area contributed by atoms with Gasteiger partial charge in [-0.1, -0.05) is 18.3 Å². The van der Waals surface area contributed by atoms with Gasteiger partial charge in [0.2, 0.25) is 0 Å². The maximum atomic E-state index is 11.8. The zero-order chi connectivity index (χ0) is 12.4. The summed E-state index contributed by atoms with van der Waals surface area (Å²) >= 11 is 1.37. The van der Waals surface area contributed by atoms with Crippen LogP contribution in [-0.4, -0.2) is 15.2 Å². The van der Waals surface area contributed by atoms with Gasteiger partial charge < -0.3 is 10.7 Å². The molecular formula is C11H14N4OS. The van der Waals surface area contributed by atoms with Gasteiger partial charge in [0, 0.05) is 18.0 Å². The first-order chi connectivity index (χ1) is 8.11. The lowest BCUT2D eigenvalue weighted by Gasteiger charge is -2.00. The summed E-state index contributed by atoms with van der Waals surface area (Å²) in [5.74, 6) is 0. The number of nitrogens with zero attached hydrogens (tertiary/aromatic N) is 2. The van der Waals surface area contributed by atoms with Crippen LogP contribution < -0.4 is 11.2 Å². The van der Waals surface area contributed by atoms with E-state index in [1.165, 1.54) is 11.3 Å². The summed E-state index contributed by atoms with van der Waals surface area (Å²) in [4.78, 5) is 14.8. The van der Waals surface area contributed by atoms with Crippen molar-refractivity contribution in [3.05, 3.63) is 33.2 Å². The van der Waals surface area contributed by atoms with Crippen LogP contribution in [0.15, 0.2) is 17.1 Å². The number of rotatable bonds is 3. The summed E-state index contributed by atoms with van der Waals surface area (Å²) in [5, 5.41) is 9.41. The van der Waals surface area contributed by atoms with Gasteiger partial charge in [0.25, 0.3) is 0 Å². The van der Waals surface area contributed by atoms with E-state index in [1.807, 2.05) is 13.8 Å². The van der Waals surface area contributed by atoms with Crippen LogP contribution in [0.1, 0.15) is 30.1 Å². The molecule has 0 spiro atoms. The average molecular weight is 250 g/mol. The van der Waals surface area contributed by atoms with Gasteiger partial charge in [-0.3, -0.25) is 4.79 Å². The lowest BCUT2D eigenvalue weighted by atomic mass is 10.2. The molecule has 2 heterocycles. The number of hydrogen-bond donors (Lipinski definition) is 2. The van der Waals surface area contributed by atoms with E-state index >= 15 is 0 Å². The lowest BCUT2D eigenvalue weighted by Crippen LogP contribution is -2.07. The Morgan fingerprint density at radius 3 is 2.94 bits per heavy atom. The van der Waals surface area contributed by atoms with Crippen molar-refractivity contribution < 1.29 is 0 Å². The van der Waals surface area contributed by atoms with Crippen LogP contribution in [0.4, 0.5) is 0 Å². The molecule has 0 aliphatic heterocycles. The summed E-state index contributed by atoms with van der Waals surface area (Å²) in [6, 6.07) is 1.45. The minimum absolute atomic E-state index is 0.0472. The van der Waals surface area contributed by atoms with Crippen molar-refractivity contribution in [2.24, 2.45) is 5.73 Å². The molecule has 17 heavy (non-hydrogen) atoms. The Bertz CT molecular complexity index is 575. The highest BCUT2D eigenvalue weighted by Crippen LogP contribution is 2.24. The molecule has 90 valence electrons. The summed E-state index contributed by atoms with van der Waals surface area (Å²) in [6.45, 7) is 3.83. The molecular weight excluding hydrogens is 236 g/mol. The third-order valence-corrected chi connectivity index (χ3v) is 3.57. The second-order valence-corrected chi connectivity index (χ2v) is 4.86. The van der Waals surface area contributed by atoms with E-state index in [0.29, 0.717) is 10.6 Å². The molecule has 3 N–H and O–H groups in total. The zero-order valence-corrected chi connectivity index (χ0v) is 10.5. The maximum absolute atomic E-state index is 11.8. The SMILES string of the molecule is CCC(N)c1nnc(-c2c[nH]c(C)cc2=O)s1. The van der Waals surface area contributed by atoms with Crippen molar-refractivity contribution in [3.8, 4) is 10.6 Å². The van der Waals surface area contributed by atoms with Crippen LogP contribution in [-0.2, 0) is 0 Å². The summed E-state index contributed by atoms with van der Waals surface area (Å²) in [7, 11) is 0. The Hall–Kier alpha value is -1.53. The number of H-pyrrole nitrogens is 1. The van der Waals surface area contributed by atoms with E-state index in [2.05, 4.69) is 15.2 Å². The van der Waals surface area contributed by atoms with E-state index in [-0.39, 0.29) is 11.5 Å². The molecule has 0 saturated heterocycles. The number of nitrogens with one attached hydrogen (secondary N) is 1. The molecule has 0 bridgehead atoms. The molecule has 2 aromatic heterocycles. The fourth-order valence-corrected chi connectivity index (χ4v) is 2.36. The highest BCUT2D eigenvalue weighted by atomic mass is 32.1. The first kappa shape index (κ1) is 11.9. The summed E-state index contributed by atoms with van der Waals surface area (Å²) in [5.41, 5.74) is 7.19. The van der Waals surface area contributed by atoms with Crippen LogP contribution in [0.3, 0.4) is 0 Å². The third kappa shape index (κ3) is 2.42. The van der Waals surface area contributed by atoms with Crippen molar-refractivity contribution in [2.75, 3.05) is 0 Å². The van der Waals surface area contributed by atoms with Gasteiger partial charge >= 0.3 is 0 Å². The highest BCUT2D eigenvalue weighted by Gasteiger charge is 2.13. The Labute approximate surface area is 103 Å². The second kappa shape index (κ2) is 4.77. The van der Waals surface area contributed by atoms with Gasteiger partial charge in [-0.2, -0.15) is 0 Å². The normalized spacial score (nSPS) is 12.6. The van der Waals surface area contributed by atoms with Gasteiger partial charge in [0.1, 0.15) is 5.01 Å². The second-order valence-electron chi connectivity index (χ2n) is 3.85. The third-order valence-electron chi connectivity index (χ3n) is 2.49. The summed E-state index contributed by atoms with van der Waals surface area (Å²) < 4.78 is 0. The van der Waals surface area contributed by atoms with Crippen molar-refractivity contribution >= 4 is 11.3 Å². The van der Waals surface area contributed by atoms with Crippen molar-refractivity contribution in [2.45, 2.75) is 26.3 Å². The van der Waals surface area contributed by atoms with E-state index in [1.54, 1.807) is 12.3 Å². The van der Waals surface area contributed by atoms with Gasteiger partial charge in [-0.25, -0.2) is 0 Å². The molecule has 2 aromatic rings. The fraction of sp³-hybridized carbons (Fsp3) is 0.364. The average Bonchev–Trinajstić information content (AvgIpc) is 2.77. The first-order valence-electron chi connectivity index (χ1n) is 5.40. The monoisotopic (exact) mass is 250 g/mol. The topological polar surface area (TPSA) is 84.7 Å². The minimum Gasteiger partial charge on any atom is -0.364 e. The Morgan fingerprint density at radius 2 is 2.29 bits per heavy atom. The number of nitrogens with two attached hydrogens (primary N) is 1. The molecule has 1 atom stereocenters. The highest BCUT2D eigenvalue weighted by molar-refractivity contribution is 7.14.